The fourth-order valence-electron chi connectivity index (χ4n) is 1.62. The van der Waals surface area contributed by atoms with Crippen LogP contribution < -0.4 is 0 Å². The molecule has 0 radical (unpaired) electrons. The zero-order valence-corrected chi connectivity index (χ0v) is 12.8. The van der Waals surface area contributed by atoms with Gasteiger partial charge in [-0.05, 0) is 13.0 Å². The summed E-state index contributed by atoms with van der Waals surface area (Å²) in [4.78, 5) is 19.7. The number of aliphatic hydroxyl groups is 1. The van der Waals surface area contributed by atoms with Gasteiger partial charge in [-0.3, -0.25) is 4.79 Å². The van der Waals surface area contributed by atoms with Gasteiger partial charge in [0.05, 0.1) is 17.7 Å². The number of aryl methyl sites for hydroxylation is 1. The van der Waals surface area contributed by atoms with E-state index in [-0.39, 0.29) is 12.5 Å². The summed E-state index contributed by atoms with van der Waals surface area (Å²) in [6, 6.07) is 1.94. The van der Waals surface area contributed by atoms with E-state index in [1.807, 2.05) is 18.4 Å². The lowest BCUT2D eigenvalue weighted by molar-refractivity contribution is 0.0791. The summed E-state index contributed by atoms with van der Waals surface area (Å²) in [5, 5.41) is 11.5. The summed E-state index contributed by atoms with van der Waals surface area (Å²) in [7, 11) is 1.77. The Bertz CT molecular complexity index is 664. The molecule has 2 aromatic rings. The topological polar surface area (TPSA) is 53.4 Å². The van der Waals surface area contributed by atoms with E-state index in [1.54, 1.807) is 29.5 Å². The molecule has 0 aromatic carbocycles. The van der Waals surface area contributed by atoms with Gasteiger partial charge >= 0.3 is 0 Å². The van der Waals surface area contributed by atoms with Crippen LogP contribution in [-0.2, 0) is 6.54 Å². The van der Waals surface area contributed by atoms with Gasteiger partial charge in [0.15, 0.2) is 0 Å². The molecule has 0 atom stereocenters. The molecule has 1 N–H and O–H groups in total. The maximum atomic E-state index is 12.2. The van der Waals surface area contributed by atoms with Crippen molar-refractivity contribution < 1.29 is 9.90 Å². The number of aliphatic hydroxyl groups excluding tert-OH is 1. The summed E-state index contributed by atoms with van der Waals surface area (Å²) in [5.74, 6) is 5.44. The SMILES string of the molecule is Cc1ncc(C(=O)N(C)Cc2cc(C#CCO)cs2)s1. The molecule has 4 nitrogen and oxygen atoms in total. The Morgan fingerprint density at radius 3 is 3.00 bits per heavy atom. The standard InChI is InChI=1S/C14H14N2O2S2/c1-10-15-7-13(20-10)14(18)16(2)8-12-6-11(9-19-12)4-3-5-17/h6-7,9,17H,5,8H2,1-2H3. The molecule has 1 amide bonds. The highest BCUT2D eigenvalue weighted by Gasteiger charge is 2.15. The highest BCUT2D eigenvalue weighted by Crippen LogP contribution is 2.18. The summed E-state index contributed by atoms with van der Waals surface area (Å²) >= 11 is 2.96. The van der Waals surface area contributed by atoms with Crippen molar-refractivity contribution in [2.75, 3.05) is 13.7 Å². The summed E-state index contributed by atoms with van der Waals surface area (Å²) in [5.41, 5.74) is 0.869. The molecule has 0 saturated carbocycles. The van der Waals surface area contributed by atoms with Crippen LogP contribution in [0.5, 0.6) is 0 Å². The van der Waals surface area contributed by atoms with Gasteiger partial charge in [-0.2, -0.15) is 0 Å². The molecule has 0 fully saturated rings. The zero-order valence-electron chi connectivity index (χ0n) is 11.2. The first-order valence-corrected chi connectivity index (χ1v) is 7.65. The Kier molecular flexibility index (Phi) is 4.90. The van der Waals surface area contributed by atoms with Crippen molar-refractivity contribution in [1.82, 2.24) is 9.88 Å². The molecule has 0 spiro atoms. The van der Waals surface area contributed by atoms with Crippen LogP contribution in [0, 0.1) is 18.8 Å². The molecule has 0 aliphatic carbocycles. The van der Waals surface area contributed by atoms with E-state index in [4.69, 9.17) is 5.11 Å². The molecule has 20 heavy (non-hydrogen) atoms. The average Bonchev–Trinajstić information content (AvgIpc) is 3.04. The largest absolute Gasteiger partial charge is 0.384 e. The number of carbonyl (C=O) groups is 1. The zero-order chi connectivity index (χ0) is 14.5. The minimum atomic E-state index is -0.145. The molecule has 6 heteroatoms. The van der Waals surface area contributed by atoms with Crippen LogP contribution in [-0.4, -0.2) is 34.6 Å². The number of hydrogen-bond acceptors (Lipinski definition) is 5. The van der Waals surface area contributed by atoms with Crippen molar-refractivity contribution in [2.45, 2.75) is 13.5 Å². The summed E-state index contributed by atoms with van der Waals surface area (Å²) < 4.78 is 0. The normalized spacial score (nSPS) is 9.95. The number of amides is 1. The third-order valence-corrected chi connectivity index (χ3v) is 4.36. The summed E-state index contributed by atoms with van der Waals surface area (Å²) in [6.07, 6.45) is 1.62. The van der Waals surface area contributed by atoms with Gasteiger partial charge in [0.25, 0.3) is 5.91 Å². The molecule has 104 valence electrons. The molecule has 2 aromatic heterocycles. The van der Waals surface area contributed by atoms with Crippen molar-refractivity contribution in [3.8, 4) is 11.8 Å². The van der Waals surface area contributed by atoms with Crippen LogP contribution in [0.4, 0.5) is 0 Å². The Labute approximate surface area is 125 Å². The van der Waals surface area contributed by atoms with Gasteiger partial charge in [-0.15, -0.1) is 22.7 Å². The quantitative estimate of drug-likeness (QED) is 0.884. The minimum Gasteiger partial charge on any atom is -0.384 e. The number of carbonyl (C=O) groups excluding carboxylic acids is 1. The minimum absolute atomic E-state index is 0.0213. The number of hydrogen-bond donors (Lipinski definition) is 1. The van der Waals surface area contributed by atoms with Crippen molar-refractivity contribution in [3.05, 3.63) is 38.0 Å². The van der Waals surface area contributed by atoms with E-state index in [2.05, 4.69) is 16.8 Å². The summed E-state index contributed by atoms with van der Waals surface area (Å²) in [6.45, 7) is 2.28. The van der Waals surface area contributed by atoms with E-state index in [0.717, 1.165) is 15.4 Å². The van der Waals surface area contributed by atoms with Gasteiger partial charge < -0.3 is 10.0 Å². The lowest BCUT2D eigenvalue weighted by Crippen LogP contribution is -2.24. The smallest absolute Gasteiger partial charge is 0.265 e. The predicted molar refractivity (Wildman–Crippen MR) is 80.9 cm³/mol. The second kappa shape index (κ2) is 6.66. The number of rotatable bonds is 3. The predicted octanol–water partition coefficient (Wildman–Crippen LogP) is 2.13. The van der Waals surface area contributed by atoms with Gasteiger partial charge in [0.1, 0.15) is 11.5 Å². The Morgan fingerprint density at radius 2 is 2.35 bits per heavy atom. The van der Waals surface area contributed by atoms with Crippen molar-refractivity contribution in [2.24, 2.45) is 0 Å². The van der Waals surface area contributed by atoms with Gasteiger partial charge in [-0.25, -0.2) is 4.98 Å². The third kappa shape index (κ3) is 3.67. The van der Waals surface area contributed by atoms with Crippen molar-refractivity contribution in [3.63, 3.8) is 0 Å². The molecule has 2 heterocycles. The first-order chi connectivity index (χ1) is 9.60. The van der Waals surface area contributed by atoms with Crippen molar-refractivity contribution >= 4 is 28.6 Å². The Balaban J connectivity index is 2.02. The number of thiazole rings is 1. The van der Waals surface area contributed by atoms with E-state index in [9.17, 15) is 4.79 Å². The Hall–Kier alpha value is -1.68. The molecular formula is C14H14N2O2S2. The van der Waals surface area contributed by atoms with Crippen LogP contribution in [0.1, 0.15) is 25.1 Å². The van der Waals surface area contributed by atoms with Gasteiger partial charge in [-0.1, -0.05) is 11.8 Å². The molecular weight excluding hydrogens is 292 g/mol. The van der Waals surface area contributed by atoms with Crippen LogP contribution in [0.2, 0.25) is 0 Å². The maximum Gasteiger partial charge on any atom is 0.265 e. The van der Waals surface area contributed by atoms with Crippen LogP contribution in [0.25, 0.3) is 0 Å². The third-order valence-electron chi connectivity index (χ3n) is 2.54. The lowest BCUT2D eigenvalue weighted by Gasteiger charge is -2.14. The molecule has 2 rings (SSSR count). The molecule has 0 bridgehead atoms. The molecule has 0 unspecified atom stereocenters. The van der Waals surface area contributed by atoms with E-state index >= 15 is 0 Å². The first-order valence-electron chi connectivity index (χ1n) is 5.95. The van der Waals surface area contributed by atoms with Crippen LogP contribution >= 0.6 is 22.7 Å². The maximum absolute atomic E-state index is 12.2. The highest BCUT2D eigenvalue weighted by molar-refractivity contribution is 7.13. The number of aromatic nitrogens is 1. The monoisotopic (exact) mass is 306 g/mol. The highest BCUT2D eigenvalue weighted by atomic mass is 32.1. The number of thiophene rings is 1. The molecule has 0 aliphatic rings. The second-order valence-electron chi connectivity index (χ2n) is 4.17. The molecule has 0 saturated heterocycles. The van der Waals surface area contributed by atoms with Gasteiger partial charge in [0.2, 0.25) is 0 Å². The lowest BCUT2D eigenvalue weighted by atomic mass is 10.3. The van der Waals surface area contributed by atoms with Crippen molar-refractivity contribution in [1.29, 1.82) is 0 Å². The van der Waals surface area contributed by atoms with Crippen LogP contribution in [0.15, 0.2) is 17.6 Å². The fourth-order valence-corrected chi connectivity index (χ4v) is 3.27. The molecule has 0 aliphatic heterocycles. The van der Waals surface area contributed by atoms with Crippen LogP contribution in [0.3, 0.4) is 0 Å². The Morgan fingerprint density at radius 1 is 1.55 bits per heavy atom. The first kappa shape index (κ1) is 14.7. The second-order valence-corrected chi connectivity index (χ2v) is 6.40. The average molecular weight is 306 g/mol. The van der Waals surface area contributed by atoms with Gasteiger partial charge in [0, 0.05) is 22.9 Å². The van der Waals surface area contributed by atoms with E-state index < -0.39 is 0 Å². The fraction of sp³-hybridized carbons (Fsp3) is 0.286. The van der Waals surface area contributed by atoms with E-state index in [0.29, 0.717) is 11.4 Å². The van der Waals surface area contributed by atoms with E-state index in [1.165, 1.54) is 11.3 Å². The number of nitrogens with zero attached hydrogens (tertiary/aromatic N) is 2.